The minimum absolute atomic E-state index is 0.657. The van der Waals surface area contributed by atoms with Crippen molar-refractivity contribution in [3.63, 3.8) is 0 Å². The Morgan fingerprint density at radius 3 is 1.28 bits per heavy atom. The summed E-state index contributed by atoms with van der Waals surface area (Å²) in [4.78, 5) is 0. The zero-order valence-electron chi connectivity index (χ0n) is 13.2. The molecule has 0 aliphatic heterocycles. The Labute approximate surface area is 118 Å². The van der Waals surface area contributed by atoms with Crippen molar-refractivity contribution in [1.29, 1.82) is 0 Å². The van der Waals surface area contributed by atoms with Gasteiger partial charge in [0.15, 0.2) is 0 Å². The average Bonchev–Trinajstić information content (AvgIpc) is 2.38. The summed E-state index contributed by atoms with van der Waals surface area (Å²) in [5.41, 5.74) is 0. The van der Waals surface area contributed by atoms with Crippen molar-refractivity contribution in [2.75, 3.05) is 0 Å². The molecule has 2 fully saturated rings. The van der Waals surface area contributed by atoms with E-state index in [1.54, 1.807) is 25.7 Å². The first-order chi connectivity index (χ1) is 8.46. The molecule has 1 heteroatoms. The van der Waals surface area contributed by atoms with Crippen LogP contribution in [-0.2, 0) is 0 Å². The summed E-state index contributed by atoms with van der Waals surface area (Å²) in [5.74, 6) is 2.84. The van der Waals surface area contributed by atoms with E-state index in [-0.39, 0.29) is 0 Å². The van der Waals surface area contributed by atoms with E-state index < -0.39 is 13.3 Å². The van der Waals surface area contributed by atoms with Gasteiger partial charge in [0.2, 0.25) is 0 Å². The molecule has 0 amide bonds. The van der Waals surface area contributed by atoms with E-state index in [4.69, 9.17) is 0 Å². The molecule has 2 saturated carbocycles. The second-order valence-corrected chi connectivity index (χ2v) is 20.2. The molecule has 0 saturated heterocycles. The summed E-state index contributed by atoms with van der Waals surface area (Å²) in [6.45, 7) is 7.78. The molecule has 2 aliphatic carbocycles. The molecular weight excluding hydrogens is 277 g/mol. The molecule has 0 bridgehead atoms. The third-order valence-corrected chi connectivity index (χ3v) is 22.8. The van der Waals surface area contributed by atoms with E-state index in [2.05, 4.69) is 26.5 Å². The Balaban J connectivity index is 2.21. The molecule has 106 valence electrons. The molecule has 0 radical (unpaired) electrons. The van der Waals surface area contributed by atoms with E-state index in [0.29, 0.717) is 4.25 Å². The van der Waals surface area contributed by atoms with Crippen LogP contribution in [-0.4, -0.2) is 13.3 Å². The number of hydrogen-bond donors (Lipinski definition) is 0. The fourth-order valence-corrected chi connectivity index (χ4v) is 18.2. The predicted molar refractivity (Wildman–Crippen MR) is 85.0 cm³/mol. The van der Waals surface area contributed by atoms with Gasteiger partial charge in [-0.25, -0.2) is 0 Å². The molecule has 18 heavy (non-hydrogen) atoms. The van der Waals surface area contributed by atoms with E-state index in [1.165, 1.54) is 48.0 Å². The van der Waals surface area contributed by atoms with Crippen LogP contribution in [0.2, 0.25) is 19.5 Å². The Bertz CT molecular complexity index is 233. The fourth-order valence-electron chi connectivity index (χ4n) is 4.96. The second-order valence-electron chi connectivity index (χ2n) is 8.20. The summed E-state index contributed by atoms with van der Waals surface area (Å²) in [5, 5.41) is 0. The second kappa shape index (κ2) is 5.89. The van der Waals surface area contributed by atoms with Crippen molar-refractivity contribution in [3.05, 3.63) is 0 Å². The standard InChI is InChI=1S/C17H34Ge/c1-17(2,3)18(4,15-11-7-5-8-12-15)16-13-9-6-10-14-16/h15-16H,5-14H2,1-4H3. The molecule has 0 aromatic carbocycles. The maximum atomic E-state index is 2.84. The van der Waals surface area contributed by atoms with Crippen molar-refractivity contribution in [2.45, 2.75) is 104 Å². The molecule has 0 aromatic rings. The topological polar surface area (TPSA) is 0 Å². The van der Waals surface area contributed by atoms with E-state index >= 15 is 0 Å². The number of rotatable bonds is 2. The summed E-state index contributed by atoms with van der Waals surface area (Å²) < 4.78 is 3.02. The van der Waals surface area contributed by atoms with Gasteiger partial charge in [0.25, 0.3) is 0 Å². The van der Waals surface area contributed by atoms with Gasteiger partial charge >= 0.3 is 118 Å². The normalized spacial score (nSPS) is 25.3. The van der Waals surface area contributed by atoms with Crippen molar-refractivity contribution < 1.29 is 0 Å². The Hall–Kier alpha value is 0.543. The quantitative estimate of drug-likeness (QED) is 0.508. The first-order valence-corrected chi connectivity index (χ1v) is 14.0. The van der Waals surface area contributed by atoms with E-state index in [9.17, 15) is 0 Å². The summed E-state index contributed by atoms with van der Waals surface area (Å²) in [7, 11) is 0. The van der Waals surface area contributed by atoms with Gasteiger partial charge in [-0.2, -0.15) is 0 Å². The van der Waals surface area contributed by atoms with Gasteiger partial charge in [-0.15, -0.1) is 0 Å². The van der Waals surface area contributed by atoms with Crippen molar-refractivity contribution in [1.82, 2.24) is 0 Å². The van der Waals surface area contributed by atoms with Crippen LogP contribution < -0.4 is 0 Å². The van der Waals surface area contributed by atoms with Crippen LogP contribution in [0.3, 0.4) is 0 Å². The Morgan fingerprint density at radius 2 is 1.00 bits per heavy atom. The van der Waals surface area contributed by atoms with Gasteiger partial charge in [0, 0.05) is 0 Å². The molecule has 0 N–H and O–H groups in total. The van der Waals surface area contributed by atoms with E-state index in [1.807, 2.05) is 0 Å². The third kappa shape index (κ3) is 2.84. The molecule has 2 rings (SSSR count). The van der Waals surface area contributed by atoms with Crippen LogP contribution in [0.4, 0.5) is 0 Å². The molecule has 0 unspecified atom stereocenters. The van der Waals surface area contributed by atoms with Crippen molar-refractivity contribution in [3.8, 4) is 0 Å². The minimum atomic E-state index is -1.75. The van der Waals surface area contributed by atoms with Gasteiger partial charge in [-0.05, 0) is 0 Å². The van der Waals surface area contributed by atoms with Crippen molar-refractivity contribution >= 4 is 13.3 Å². The van der Waals surface area contributed by atoms with Gasteiger partial charge in [-0.3, -0.25) is 0 Å². The van der Waals surface area contributed by atoms with Gasteiger partial charge < -0.3 is 0 Å². The molecule has 0 spiro atoms. The maximum absolute atomic E-state index is 2.84. The molecular formula is C17H34Ge. The predicted octanol–water partition coefficient (Wildman–Crippen LogP) is 6.53. The van der Waals surface area contributed by atoms with Gasteiger partial charge in [0.05, 0.1) is 0 Å². The van der Waals surface area contributed by atoms with Crippen LogP contribution in [0.15, 0.2) is 0 Å². The Kier molecular flexibility index (Phi) is 4.89. The average molecular weight is 311 g/mol. The Morgan fingerprint density at radius 1 is 0.667 bits per heavy atom. The fraction of sp³-hybridized carbons (Fsp3) is 1.00. The van der Waals surface area contributed by atoms with Crippen LogP contribution in [0, 0.1) is 0 Å². The van der Waals surface area contributed by atoms with Crippen LogP contribution in [0.25, 0.3) is 0 Å². The summed E-state index contributed by atoms with van der Waals surface area (Å²) >= 11 is -1.75. The van der Waals surface area contributed by atoms with Gasteiger partial charge in [-0.1, -0.05) is 0 Å². The zero-order chi connectivity index (χ0) is 13.2. The van der Waals surface area contributed by atoms with Crippen molar-refractivity contribution in [2.24, 2.45) is 0 Å². The molecule has 0 atom stereocenters. The van der Waals surface area contributed by atoms with Crippen LogP contribution in [0.1, 0.15) is 85.0 Å². The van der Waals surface area contributed by atoms with Gasteiger partial charge in [0.1, 0.15) is 0 Å². The monoisotopic (exact) mass is 312 g/mol. The van der Waals surface area contributed by atoms with Crippen LogP contribution in [0.5, 0.6) is 0 Å². The summed E-state index contributed by atoms with van der Waals surface area (Å²) in [6.07, 6.45) is 15.5. The molecule has 2 aliphatic rings. The number of hydrogen-bond acceptors (Lipinski definition) is 0. The molecule has 0 aromatic heterocycles. The zero-order valence-corrected chi connectivity index (χ0v) is 15.3. The van der Waals surface area contributed by atoms with E-state index in [0.717, 1.165) is 0 Å². The molecule has 0 heterocycles. The third-order valence-electron chi connectivity index (χ3n) is 6.52. The molecule has 0 nitrogen and oxygen atoms in total. The SMILES string of the molecule is C[C](C)(C)[Ge]([CH3])([CH]1CCCCC1)[CH]1CCCCC1. The first-order valence-electron chi connectivity index (χ1n) is 8.46. The first kappa shape index (κ1) is 14.9. The summed E-state index contributed by atoms with van der Waals surface area (Å²) in [6, 6.07) is 0. The van der Waals surface area contributed by atoms with Crippen LogP contribution >= 0.6 is 0 Å².